The van der Waals surface area contributed by atoms with Gasteiger partial charge in [0, 0.05) is 32.3 Å². The minimum Gasteiger partial charge on any atom is -0.396 e. The van der Waals surface area contributed by atoms with Gasteiger partial charge in [0.05, 0.1) is 5.60 Å². The number of hydrogen-bond acceptors (Lipinski definition) is 3. The molecule has 0 aliphatic carbocycles. The second-order valence-electron chi connectivity index (χ2n) is 6.37. The Bertz CT molecular complexity index is 305. The number of nitrogens with one attached hydrogen (secondary N) is 1. The van der Waals surface area contributed by atoms with Crippen molar-refractivity contribution in [2.45, 2.75) is 70.6 Å². The van der Waals surface area contributed by atoms with Crippen LogP contribution in [-0.2, 0) is 4.74 Å². The van der Waals surface area contributed by atoms with Crippen molar-refractivity contribution in [3.8, 4) is 0 Å². The topological polar surface area (TPSA) is 61.8 Å². The molecule has 0 bridgehead atoms. The van der Waals surface area contributed by atoms with E-state index in [4.69, 9.17) is 9.84 Å². The molecule has 0 saturated carbocycles. The second-order valence-corrected chi connectivity index (χ2v) is 6.37. The zero-order chi connectivity index (χ0) is 15.2. The molecule has 2 unspecified atom stereocenters. The first-order chi connectivity index (χ1) is 9.39. The van der Waals surface area contributed by atoms with E-state index < -0.39 is 0 Å². The number of aliphatic hydroxyl groups is 1. The van der Waals surface area contributed by atoms with Crippen LogP contribution >= 0.6 is 0 Å². The van der Waals surface area contributed by atoms with Crippen molar-refractivity contribution in [2.75, 3.05) is 20.3 Å². The number of aliphatic hydroxyl groups excluding tert-OH is 1. The zero-order valence-corrected chi connectivity index (χ0v) is 13.3. The summed E-state index contributed by atoms with van der Waals surface area (Å²) in [5, 5.41) is 12.2. The van der Waals surface area contributed by atoms with Crippen LogP contribution in [0.4, 0.5) is 4.79 Å². The summed E-state index contributed by atoms with van der Waals surface area (Å²) in [7, 11) is 1.69. The number of piperidine rings is 1. The Morgan fingerprint density at radius 3 is 2.80 bits per heavy atom. The highest BCUT2D eigenvalue weighted by atomic mass is 16.5. The van der Waals surface area contributed by atoms with Crippen molar-refractivity contribution in [1.82, 2.24) is 10.2 Å². The van der Waals surface area contributed by atoms with Gasteiger partial charge in [-0.3, -0.25) is 0 Å². The third-order valence-electron chi connectivity index (χ3n) is 4.07. The standard InChI is InChI=1S/C15H30N2O3/c1-12(11-15(2,3)20-4)16-14(19)17-9-6-5-7-13(17)8-10-18/h12-13,18H,5-11H2,1-4H3,(H,16,19). The zero-order valence-electron chi connectivity index (χ0n) is 13.3. The molecule has 1 aliphatic rings. The Balaban J connectivity index is 2.51. The Hall–Kier alpha value is -0.810. The highest BCUT2D eigenvalue weighted by Crippen LogP contribution is 2.20. The van der Waals surface area contributed by atoms with Crippen molar-refractivity contribution < 1.29 is 14.6 Å². The molecule has 0 spiro atoms. The first-order valence-electron chi connectivity index (χ1n) is 7.63. The third-order valence-corrected chi connectivity index (χ3v) is 4.07. The molecule has 20 heavy (non-hydrogen) atoms. The van der Waals surface area contributed by atoms with Crippen LogP contribution < -0.4 is 5.32 Å². The summed E-state index contributed by atoms with van der Waals surface area (Å²) in [4.78, 5) is 14.2. The monoisotopic (exact) mass is 286 g/mol. The number of hydrogen-bond donors (Lipinski definition) is 2. The lowest BCUT2D eigenvalue weighted by Crippen LogP contribution is -2.51. The molecule has 1 heterocycles. The van der Waals surface area contributed by atoms with Crippen molar-refractivity contribution in [3.05, 3.63) is 0 Å². The van der Waals surface area contributed by atoms with E-state index in [1.807, 2.05) is 25.7 Å². The fourth-order valence-corrected chi connectivity index (χ4v) is 2.88. The molecular formula is C15H30N2O3. The number of carbonyl (C=O) groups is 1. The van der Waals surface area contributed by atoms with E-state index in [1.54, 1.807) is 7.11 Å². The van der Waals surface area contributed by atoms with Gasteiger partial charge in [0.1, 0.15) is 0 Å². The van der Waals surface area contributed by atoms with Crippen LogP contribution in [0.15, 0.2) is 0 Å². The largest absolute Gasteiger partial charge is 0.396 e. The van der Waals surface area contributed by atoms with E-state index in [0.717, 1.165) is 32.2 Å². The molecule has 1 saturated heterocycles. The van der Waals surface area contributed by atoms with Crippen LogP contribution in [-0.4, -0.2) is 54.0 Å². The summed E-state index contributed by atoms with van der Waals surface area (Å²) >= 11 is 0. The Morgan fingerprint density at radius 2 is 2.20 bits per heavy atom. The molecule has 2 N–H and O–H groups in total. The first kappa shape index (κ1) is 17.2. The summed E-state index contributed by atoms with van der Waals surface area (Å²) in [6.45, 7) is 6.97. The first-order valence-corrected chi connectivity index (χ1v) is 7.63. The molecule has 0 aromatic carbocycles. The summed E-state index contributed by atoms with van der Waals surface area (Å²) in [5.74, 6) is 0. The number of amides is 2. The van der Waals surface area contributed by atoms with Gasteiger partial charge in [-0.25, -0.2) is 4.79 Å². The van der Waals surface area contributed by atoms with E-state index >= 15 is 0 Å². The second kappa shape index (κ2) is 7.84. The van der Waals surface area contributed by atoms with E-state index in [2.05, 4.69) is 5.32 Å². The van der Waals surface area contributed by atoms with Crippen molar-refractivity contribution in [3.63, 3.8) is 0 Å². The predicted molar refractivity (Wildman–Crippen MR) is 79.7 cm³/mol. The maximum absolute atomic E-state index is 12.4. The summed E-state index contributed by atoms with van der Waals surface area (Å²) < 4.78 is 5.40. The fraction of sp³-hybridized carbons (Fsp3) is 0.933. The molecule has 0 radical (unpaired) electrons. The van der Waals surface area contributed by atoms with Crippen molar-refractivity contribution >= 4 is 6.03 Å². The fourth-order valence-electron chi connectivity index (χ4n) is 2.88. The Kier molecular flexibility index (Phi) is 6.76. The maximum atomic E-state index is 12.4. The lowest BCUT2D eigenvalue weighted by atomic mass is 9.99. The minimum absolute atomic E-state index is 0.0115. The summed E-state index contributed by atoms with van der Waals surface area (Å²) in [5.41, 5.74) is -0.237. The number of urea groups is 1. The SMILES string of the molecule is COC(C)(C)CC(C)NC(=O)N1CCCCC1CCO. The molecular weight excluding hydrogens is 256 g/mol. The number of likely N-dealkylation sites (tertiary alicyclic amines) is 1. The predicted octanol–water partition coefficient (Wildman–Crippen LogP) is 2.14. The molecule has 5 heteroatoms. The summed E-state index contributed by atoms with van der Waals surface area (Å²) in [6.07, 6.45) is 4.62. The van der Waals surface area contributed by atoms with Gasteiger partial charge in [-0.1, -0.05) is 0 Å². The Morgan fingerprint density at radius 1 is 1.50 bits per heavy atom. The van der Waals surface area contributed by atoms with Gasteiger partial charge >= 0.3 is 6.03 Å². The molecule has 1 aliphatic heterocycles. The highest BCUT2D eigenvalue weighted by molar-refractivity contribution is 5.75. The van der Waals surface area contributed by atoms with Crippen LogP contribution in [0, 0.1) is 0 Å². The maximum Gasteiger partial charge on any atom is 0.317 e. The van der Waals surface area contributed by atoms with Crippen LogP contribution in [0.25, 0.3) is 0 Å². The van der Waals surface area contributed by atoms with Gasteiger partial charge in [0.15, 0.2) is 0 Å². The van der Waals surface area contributed by atoms with Crippen LogP contribution in [0.3, 0.4) is 0 Å². The number of methoxy groups -OCH3 is 1. The third kappa shape index (κ3) is 5.29. The molecule has 0 aromatic rings. The molecule has 2 amide bonds. The molecule has 0 aromatic heterocycles. The van der Waals surface area contributed by atoms with Gasteiger partial charge in [-0.05, 0) is 52.9 Å². The normalized spacial score (nSPS) is 21.6. The molecule has 5 nitrogen and oxygen atoms in total. The molecule has 118 valence electrons. The van der Waals surface area contributed by atoms with Crippen LogP contribution in [0.1, 0.15) is 52.9 Å². The van der Waals surface area contributed by atoms with Gasteiger partial charge in [-0.15, -0.1) is 0 Å². The van der Waals surface area contributed by atoms with Crippen LogP contribution in [0.5, 0.6) is 0 Å². The van der Waals surface area contributed by atoms with Gasteiger partial charge in [0.2, 0.25) is 0 Å². The quantitative estimate of drug-likeness (QED) is 0.786. The molecule has 2 atom stereocenters. The average molecular weight is 286 g/mol. The summed E-state index contributed by atoms with van der Waals surface area (Å²) in [6, 6.07) is 0.230. The minimum atomic E-state index is -0.237. The van der Waals surface area contributed by atoms with Crippen LogP contribution in [0.2, 0.25) is 0 Å². The van der Waals surface area contributed by atoms with Crippen molar-refractivity contribution in [1.29, 1.82) is 0 Å². The van der Waals surface area contributed by atoms with E-state index in [9.17, 15) is 4.79 Å². The average Bonchev–Trinajstić information content (AvgIpc) is 2.39. The number of carbonyl (C=O) groups excluding carboxylic acids is 1. The molecule has 1 fully saturated rings. The molecule has 1 rings (SSSR count). The Labute approximate surface area is 122 Å². The number of ether oxygens (including phenoxy) is 1. The van der Waals surface area contributed by atoms with Crippen molar-refractivity contribution in [2.24, 2.45) is 0 Å². The van der Waals surface area contributed by atoms with Gasteiger partial charge in [-0.2, -0.15) is 0 Å². The van der Waals surface area contributed by atoms with E-state index in [1.165, 1.54) is 0 Å². The van der Waals surface area contributed by atoms with Gasteiger partial charge < -0.3 is 20.1 Å². The van der Waals surface area contributed by atoms with E-state index in [0.29, 0.717) is 6.42 Å². The van der Waals surface area contributed by atoms with Gasteiger partial charge in [0.25, 0.3) is 0 Å². The number of rotatable bonds is 6. The number of nitrogens with zero attached hydrogens (tertiary/aromatic N) is 1. The highest BCUT2D eigenvalue weighted by Gasteiger charge is 2.28. The smallest absolute Gasteiger partial charge is 0.317 e. The lowest BCUT2D eigenvalue weighted by Gasteiger charge is -2.37. The lowest BCUT2D eigenvalue weighted by molar-refractivity contribution is 0.00883. The van der Waals surface area contributed by atoms with E-state index in [-0.39, 0.29) is 30.3 Å².